The van der Waals surface area contributed by atoms with Gasteiger partial charge in [0.2, 0.25) is 112 Å². The van der Waals surface area contributed by atoms with Crippen LogP contribution < -0.4 is 90.4 Å². The van der Waals surface area contributed by atoms with E-state index in [1.807, 2.05) is 27.7 Å². The van der Waals surface area contributed by atoms with Crippen molar-refractivity contribution >= 4 is 124 Å². The van der Waals surface area contributed by atoms with Gasteiger partial charge >= 0.3 is 5.97 Å². The predicted molar refractivity (Wildman–Crippen MR) is 503 cm³/mol. The molecule has 0 saturated carbocycles. The highest BCUT2D eigenvalue weighted by Crippen LogP contribution is 2.25. The second-order valence-corrected chi connectivity index (χ2v) is 39.6. The highest BCUT2D eigenvalue weighted by atomic mass is 16.4. The third-order valence-electron chi connectivity index (χ3n) is 22.9. The van der Waals surface area contributed by atoms with E-state index in [1.165, 1.54) is 82.5 Å². The number of carboxylic acid groups (broad SMARTS) is 1. The topological polar surface area (TPSA) is 610 Å². The van der Waals surface area contributed by atoms with Gasteiger partial charge in [-0.05, 0) is 177 Å². The van der Waals surface area contributed by atoms with Gasteiger partial charge in [-0.2, -0.15) is 0 Å². The number of carbonyl (C=O) groups excluding carboxylic acids is 20. The van der Waals surface area contributed by atoms with Crippen molar-refractivity contribution in [1.29, 1.82) is 0 Å². The average molecular weight is 1920 g/mol. The minimum Gasteiger partial charge on any atom is -0.508 e. The third kappa shape index (κ3) is 39.8. The highest BCUT2D eigenvalue weighted by molar-refractivity contribution is 6.02. The molecule has 1 aromatic rings. The van der Waals surface area contributed by atoms with Crippen LogP contribution in [0, 0.1) is 53.3 Å². The van der Waals surface area contributed by atoms with Gasteiger partial charge in [0.1, 0.15) is 121 Å². The van der Waals surface area contributed by atoms with Crippen LogP contribution in [0.2, 0.25) is 0 Å². The summed E-state index contributed by atoms with van der Waals surface area (Å²) in [5, 5.41) is 64.1. The molecule has 2 saturated heterocycles. The minimum absolute atomic E-state index is 0.0366. The Labute approximate surface area is 798 Å². The molecule has 2 fully saturated rings. The lowest BCUT2D eigenvalue weighted by Gasteiger charge is -2.32. The number of nitrogens with one attached hydrogen (secondary N) is 17. The van der Waals surface area contributed by atoms with Crippen LogP contribution in [0.3, 0.4) is 0 Å². The van der Waals surface area contributed by atoms with Gasteiger partial charge in [0.05, 0.1) is 12.5 Å². The normalized spacial score (nSPS) is 17.5. The molecule has 2 heterocycles. The number of hydrogen-bond donors (Lipinski definition) is 19. The molecule has 2 aliphatic rings. The van der Waals surface area contributed by atoms with E-state index >= 15 is 0 Å². The van der Waals surface area contributed by atoms with E-state index in [-0.39, 0.29) is 118 Å². The largest absolute Gasteiger partial charge is 0.508 e. The van der Waals surface area contributed by atoms with Gasteiger partial charge in [-0.25, -0.2) is 0 Å². The molecule has 42 heteroatoms. The Morgan fingerprint density at radius 1 is 0.316 bits per heavy atom. The molecule has 42 nitrogen and oxygen atoms in total. The molecule has 0 aromatic heterocycles. The number of phenolic OH excluding ortho intramolecular Hbond substituents is 1. The van der Waals surface area contributed by atoms with E-state index in [1.54, 1.807) is 96.9 Å². The number of benzene rings is 1. The second-order valence-electron chi connectivity index (χ2n) is 39.6. The number of rotatable bonds is 55. The first-order valence-electron chi connectivity index (χ1n) is 47.5. The Morgan fingerprint density at radius 2 is 0.588 bits per heavy atom. The smallest absolute Gasteiger partial charge is 0.305 e. The number of aldehydes is 1. The molecule has 19 atom stereocenters. The summed E-state index contributed by atoms with van der Waals surface area (Å²) in [5.74, 6) is -18.6. The second kappa shape index (κ2) is 56.6. The van der Waals surface area contributed by atoms with E-state index in [9.17, 15) is 111 Å². The number of nitrogens with zero attached hydrogens (tertiary/aromatic N) is 2. The number of hydrogen-bond acceptors (Lipinski definition) is 22. The van der Waals surface area contributed by atoms with Crippen molar-refractivity contribution in [2.75, 3.05) is 13.1 Å². The zero-order valence-corrected chi connectivity index (χ0v) is 83.8. The Hall–Kier alpha value is -11.9. The zero-order chi connectivity index (χ0) is 103. The van der Waals surface area contributed by atoms with E-state index < -0.39 is 257 Å². The quantitative estimate of drug-likeness (QED) is 0.0388. The Bertz CT molecular complexity index is 4310. The summed E-state index contributed by atoms with van der Waals surface area (Å²) < 4.78 is 0. The Morgan fingerprint density at radius 3 is 0.956 bits per heavy atom. The lowest BCUT2D eigenvalue weighted by molar-refractivity contribution is -0.143. The first kappa shape index (κ1) is 118. The van der Waals surface area contributed by atoms with Crippen LogP contribution in [0.1, 0.15) is 249 Å². The molecule has 136 heavy (non-hydrogen) atoms. The molecule has 0 aliphatic carbocycles. The lowest BCUT2D eigenvalue weighted by atomic mass is 9.98. The summed E-state index contributed by atoms with van der Waals surface area (Å²) >= 11 is 0. The van der Waals surface area contributed by atoms with Gasteiger partial charge in [-0.1, -0.05) is 137 Å². The van der Waals surface area contributed by atoms with Crippen LogP contribution in [0.5, 0.6) is 5.75 Å². The fraction of sp³-hybridized carbons (Fsp3) is 0.713. The number of phenols is 1. The van der Waals surface area contributed by atoms with Crippen molar-refractivity contribution in [2.24, 2.45) is 53.3 Å². The minimum atomic E-state index is -1.41. The summed E-state index contributed by atoms with van der Waals surface area (Å²) in [6, 6.07) is -18.1. The molecule has 19 amide bonds. The first-order valence-corrected chi connectivity index (χ1v) is 47.5. The van der Waals surface area contributed by atoms with Crippen molar-refractivity contribution < 1.29 is 111 Å². The summed E-state index contributed by atoms with van der Waals surface area (Å²) in [4.78, 5) is 291. The van der Waals surface area contributed by atoms with Gasteiger partial charge in [0.25, 0.3) is 0 Å². The van der Waals surface area contributed by atoms with Crippen LogP contribution in [-0.2, 0) is 107 Å². The van der Waals surface area contributed by atoms with Gasteiger partial charge < -0.3 is 115 Å². The first-order chi connectivity index (χ1) is 63.3. The van der Waals surface area contributed by atoms with Crippen molar-refractivity contribution in [1.82, 2.24) is 100 Å². The van der Waals surface area contributed by atoms with Crippen molar-refractivity contribution in [3.05, 3.63) is 29.8 Å². The Kier molecular flexibility index (Phi) is 49.2. The molecule has 3 rings (SSSR count). The molecular weight excluding hydrogens is 1760 g/mol. The van der Waals surface area contributed by atoms with Gasteiger partial charge in [-0.15, -0.1) is 0 Å². The Balaban J connectivity index is 1.75. The SMILES string of the molecule is CC(=O)N[C@@H](C)C(=O)N[C@@H](C)C(=O)N[C@H](C(=O)N[C@@H](C)C(=O)N[C@@H](CC(C)C)C(=O)N[C@@H](CC(C)C)C(=O)N1CCC[C@H]1C(=O)N[C@@H](C)C(=O)N[C@H](C(=O)N[C@@H](CC(C)C)C(=O)N[C@@H](CC(C)C)C(=O)N[C@@H](C)C(=O)N[C@@H](CC(C)C)C(=O)N[C@@H](CC(C)C)C(=O)N[C@@H](C)C(=O)N1CCC[C@H]1C(=O)N[C@@H](Cc1ccc(O)cc1)C(=O)N[C@H](C(=O)N[C@H](C=O)CC(=O)O)C(C)C)C(C)C)C(C)C. The van der Waals surface area contributed by atoms with Crippen molar-refractivity contribution in [3.8, 4) is 5.75 Å². The summed E-state index contributed by atoms with van der Waals surface area (Å²) in [6.45, 7) is 41.1. The van der Waals surface area contributed by atoms with E-state index in [2.05, 4.69) is 90.4 Å². The van der Waals surface area contributed by atoms with E-state index in [0.29, 0.717) is 18.4 Å². The molecular formula is C94H155N19O23. The molecule has 0 spiro atoms. The zero-order valence-electron chi connectivity index (χ0n) is 83.8. The number of aromatic hydroxyl groups is 1. The van der Waals surface area contributed by atoms with Gasteiger partial charge in [0, 0.05) is 26.4 Å². The maximum atomic E-state index is 14.7. The molecule has 0 bridgehead atoms. The van der Waals surface area contributed by atoms with Crippen LogP contribution in [0.4, 0.5) is 0 Å². The number of carboxylic acids is 1. The van der Waals surface area contributed by atoms with E-state index in [4.69, 9.17) is 0 Å². The summed E-state index contributed by atoms with van der Waals surface area (Å²) in [5.41, 5.74) is 0.473. The number of carbonyl (C=O) groups is 21. The van der Waals surface area contributed by atoms with Crippen molar-refractivity contribution in [2.45, 2.75) is 365 Å². The van der Waals surface area contributed by atoms with E-state index in [0.717, 1.165) is 0 Å². The highest BCUT2D eigenvalue weighted by Gasteiger charge is 2.44. The maximum absolute atomic E-state index is 14.7. The molecule has 19 N–H and O–H groups in total. The predicted octanol–water partition coefficient (Wildman–Crippen LogP) is 0.216. The maximum Gasteiger partial charge on any atom is 0.305 e. The van der Waals surface area contributed by atoms with Crippen LogP contribution >= 0.6 is 0 Å². The molecule has 0 unspecified atom stereocenters. The molecule has 0 radical (unpaired) electrons. The number of likely N-dealkylation sites (tertiary alicyclic amines) is 2. The molecule has 2 aliphatic heterocycles. The fourth-order valence-electron chi connectivity index (χ4n) is 15.6. The number of aliphatic carboxylic acids is 1. The molecule has 764 valence electrons. The fourth-order valence-corrected chi connectivity index (χ4v) is 15.6. The van der Waals surface area contributed by atoms with Crippen LogP contribution in [0.15, 0.2) is 24.3 Å². The summed E-state index contributed by atoms with van der Waals surface area (Å²) in [7, 11) is 0. The van der Waals surface area contributed by atoms with Gasteiger partial charge in [0.15, 0.2) is 0 Å². The summed E-state index contributed by atoms with van der Waals surface area (Å²) in [6.07, 6.45) is 0.718. The van der Waals surface area contributed by atoms with Crippen molar-refractivity contribution in [3.63, 3.8) is 0 Å². The monoisotopic (exact) mass is 1920 g/mol. The third-order valence-corrected chi connectivity index (χ3v) is 22.9. The average Bonchev–Trinajstić information content (AvgIpc) is 1.65. The van der Waals surface area contributed by atoms with Crippen LogP contribution in [-0.4, -0.2) is 272 Å². The van der Waals surface area contributed by atoms with Gasteiger partial charge in [-0.3, -0.25) is 95.9 Å². The van der Waals surface area contributed by atoms with Crippen LogP contribution in [0.25, 0.3) is 0 Å². The molecule has 1 aromatic carbocycles. The number of amides is 19. The standard InChI is InChI=1S/C94H155N19O23/c1-45(2)36-64(82(124)97-55(20)78(120)102-66(38-47(5)6)84(126)105-65(37-46(3)4)83(125)100-59(24)93(135)112-34-26-29-72(112)89(131)106-69(42-61-30-32-63(116)33-31-61)87(129)111-75(52(15)16)91(133)101-62(44-114)43-73(117)118)104-85(127)68(40-49(9)10)107-92(134)76(53(17)18)110-81(123)58(23)98-88(130)71-28-27-35-113(71)94(136)70(41-50(11)12)108-86(128)67(39-48(7)8)103-79(121)56(21)99-90(132)74(51(13)14)109-80(122)57(22)96-77(119)54(19)95-60(25)115/h30-33,44-59,62,64-72,74-76,116H,26-29,34-43H2,1-25H3,(H,95,115)(H,96,119)(H,97,124)(H,98,130)(H,99,132)(H,100,125)(H,101,133)(H,102,120)(H,103,121)(H,104,127)(H,105,126)(H,106,131)(H,107,134)(H,108,128)(H,109,122)(H,110,123)(H,111,129)(H,117,118)/t54-,55-,56-,57-,58-,59-,62-,64-,65-,66-,67-,68-,69-,70-,71-,72-,74-,75-,76-/m0/s1. The lowest BCUT2D eigenvalue weighted by Crippen LogP contribution is -2.61.